The highest BCUT2D eigenvalue weighted by molar-refractivity contribution is 5.82. The molecule has 2 nitrogen and oxygen atoms in total. The SMILES string of the molecule is O=C1CCCCC1C1CCCN1Cc1ccccc1. The molecule has 1 aromatic carbocycles. The Balaban J connectivity index is 1.69. The highest BCUT2D eigenvalue weighted by Gasteiger charge is 2.36. The van der Waals surface area contributed by atoms with Crippen LogP contribution in [0.4, 0.5) is 0 Å². The van der Waals surface area contributed by atoms with Crippen LogP contribution in [0.2, 0.25) is 0 Å². The molecule has 0 N–H and O–H groups in total. The Morgan fingerprint density at radius 1 is 1.05 bits per heavy atom. The first-order valence-corrected chi connectivity index (χ1v) is 7.65. The number of hydrogen-bond acceptors (Lipinski definition) is 2. The van der Waals surface area contributed by atoms with Crippen molar-refractivity contribution in [3.63, 3.8) is 0 Å². The quantitative estimate of drug-likeness (QED) is 0.827. The van der Waals surface area contributed by atoms with Gasteiger partial charge >= 0.3 is 0 Å². The average Bonchev–Trinajstić information content (AvgIpc) is 2.88. The van der Waals surface area contributed by atoms with Gasteiger partial charge in [-0.15, -0.1) is 0 Å². The summed E-state index contributed by atoms with van der Waals surface area (Å²) in [4.78, 5) is 14.7. The lowest BCUT2D eigenvalue weighted by Crippen LogP contribution is -2.40. The van der Waals surface area contributed by atoms with Crippen LogP contribution in [-0.2, 0) is 11.3 Å². The van der Waals surface area contributed by atoms with E-state index >= 15 is 0 Å². The van der Waals surface area contributed by atoms with Gasteiger partial charge in [-0.3, -0.25) is 9.69 Å². The molecular weight excluding hydrogens is 234 g/mol. The van der Waals surface area contributed by atoms with Crippen molar-refractivity contribution in [3.05, 3.63) is 35.9 Å². The molecular formula is C17H23NO. The van der Waals surface area contributed by atoms with Crippen molar-refractivity contribution in [1.82, 2.24) is 4.90 Å². The van der Waals surface area contributed by atoms with E-state index in [-0.39, 0.29) is 0 Å². The maximum absolute atomic E-state index is 12.2. The molecule has 2 unspecified atom stereocenters. The zero-order chi connectivity index (χ0) is 13.1. The van der Waals surface area contributed by atoms with Crippen LogP contribution in [0.1, 0.15) is 44.1 Å². The molecule has 3 rings (SSSR count). The summed E-state index contributed by atoms with van der Waals surface area (Å²) in [6, 6.07) is 11.2. The van der Waals surface area contributed by atoms with E-state index in [1.54, 1.807) is 0 Å². The minimum absolute atomic E-state index is 0.319. The number of benzene rings is 1. The molecule has 2 atom stereocenters. The zero-order valence-electron chi connectivity index (χ0n) is 11.6. The summed E-state index contributed by atoms with van der Waals surface area (Å²) < 4.78 is 0. The van der Waals surface area contributed by atoms with Crippen LogP contribution in [0, 0.1) is 5.92 Å². The number of nitrogens with zero attached hydrogens (tertiary/aromatic N) is 1. The second-order valence-corrected chi connectivity index (χ2v) is 5.98. The van der Waals surface area contributed by atoms with Gasteiger partial charge in [-0.05, 0) is 37.8 Å². The van der Waals surface area contributed by atoms with Crippen LogP contribution in [0.3, 0.4) is 0 Å². The van der Waals surface area contributed by atoms with Crippen LogP contribution >= 0.6 is 0 Å². The number of Topliss-reactive ketones (excluding diaryl/α,β-unsaturated/α-hetero) is 1. The van der Waals surface area contributed by atoms with Crippen LogP contribution in [0.25, 0.3) is 0 Å². The summed E-state index contributed by atoms with van der Waals surface area (Å²) in [6.45, 7) is 2.17. The van der Waals surface area contributed by atoms with E-state index in [1.807, 2.05) is 0 Å². The van der Waals surface area contributed by atoms with Crippen LogP contribution in [0.15, 0.2) is 30.3 Å². The summed E-state index contributed by atoms with van der Waals surface area (Å²) in [5, 5.41) is 0. The summed E-state index contributed by atoms with van der Waals surface area (Å²) >= 11 is 0. The molecule has 0 radical (unpaired) electrons. The first-order valence-electron chi connectivity index (χ1n) is 7.65. The lowest BCUT2D eigenvalue weighted by atomic mass is 9.82. The Hall–Kier alpha value is -1.15. The molecule has 1 aliphatic heterocycles. The van der Waals surface area contributed by atoms with Gasteiger partial charge in [0.25, 0.3) is 0 Å². The number of hydrogen-bond donors (Lipinski definition) is 0. The van der Waals surface area contributed by atoms with E-state index in [9.17, 15) is 4.79 Å². The Morgan fingerprint density at radius 2 is 1.89 bits per heavy atom. The first kappa shape index (κ1) is 12.9. The van der Waals surface area contributed by atoms with Gasteiger partial charge in [0.15, 0.2) is 0 Å². The van der Waals surface area contributed by atoms with Gasteiger partial charge < -0.3 is 0 Å². The molecule has 2 heteroatoms. The fourth-order valence-corrected chi connectivity index (χ4v) is 3.74. The zero-order valence-corrected chi connectivity index (χ0v) is 11.6. The lowest BCUT2D eigenvalue weighted by Gasteiger charge is -2.33. The molecule has 0 spiro atoms. The topological polar surface area (TPSA) is 20.3 Å². The van der Waals surface area contributed by atoms with Crippen molar-refractivity contribution in [2.45, 2.75) is 51.1 Å². The molecule has 1 saturated carbocycles. The fourth-order valence-electron chi connectivity index (χ4n) is 3.74. The highest BCUT2D eigenvalue weighted by atomic mass is 16.1. The van der Waals surface area contributed by atoms with Crippen LogP contribution < -0.4 is 0 Å². The summed E-state index contributed by atoms with van der Waals surface area (Å²) in [7, 11) is 0. The van der Waals surface area contributed by atoms with Crippen molar-refractivity contribution in [3.8, 4) is 0 Å². The predicted octanol–water partition coefficient (Wildman–Crippen LogP) is 3.41. The minimum atomic E-state index is 0.319. The van der Waals surface area contributed by atoms with Gasteiger partial charge in [0.1, 0.15) is 5.78 Å². The number of ketones is 1. The van der Waals surface area contributed by atoms with Crippen molar-refractivity contribution in [2.24, 2.45) is 5.92 Å². The minimum Gasteiger partial charge on any atom is -0.299 e. The predicted molar refractivity (Wildman–Crippen MR) is 76.8 cm³/mol. The molecule has 2 aliphatic rings. The monoisotopic (exact) mass is 257 g/mol. The van der Waals surface area contributed by atoms with Gasteiger partial charge in [0.05, 0.1) is 0 Å². The maximum atomic E-state index is 12.2. The molecule has 0 bridgehead atoms. The molecule has 1 aliphatic carbocycles. The van der Waals surface area contributed by atoms with E-state index in [0.29, 0.717) is 17.7 Å². The Morgan fingerprint density at radius 3 is 2.68 bits per heavy atom. The second-order valence-electron chi connectivity index (χ2n) is 5.98. The summed E-state index contributed by atoms with van der Waals surface area (Å²) in [6.07, 6.45) is 6.76. The normalized spacial score (nSPS) is 28.7. The number of rotatable bonds is 3. The summed E-state index contributed by atoms with van der Waals surface area (Å²) in [5.74, 6) is 0.844. The van der Waals surface area contributed by atoms with Gasteiger partial charge in [0.2, 0.25) is 0 Å². The Labute approximate surface area is 115 Å². The largest absolute Gasteiger partial charge is 0.299 e. The van der Waals surface area contributed by atoms with E-state index in [0.717, 1.165) is 32.4 Å². The molecule has 102 valence electrons. The average molecular weight is 257 g/mol. The number of carbonyl (C=O) groups excluding carboxylic acids is 1. The number of carbonyl (C=O) groups is 1. The van der Waals surface area contributed by atoms with Gasteiger partial charge in [-0.1, -0.05) is 36.8 Å². The maximum Gasteiger partial charge on any atom is 0.137 e. The molecule has 1 aromatic rings. The fraction of sp³-hybridized carbons (Fsp3) is 0.588. The van der Waals surface area contributed by atoms with Crippen molar-refractivity contribution < 1.29 is 4.79 Å². The Kier molecular flexibility index (Phi) is 3.97. The summed E-state index contributed by atoms with van der Waals surface area (Å²) in [5.41, 5.74) is 1.37. The van der Waals surface area contributed by atoms with Crippen molar-refractivity contribution in [1.29, 1.82) is 0 Å². The third-order valence-electron chi connectivity index (χ3n) is 4.71. The van der Waals surface area contributed by atoms with E-state index in [1.165, 1.54) is 24.8 Å². The molecule has 0 aromatic heterocycles. The van der Waals surface area contributed by atoms with Crippen molar-refractivity contribution in [2.75, 3.05) is 6.54 Å². The third-order valence-corrected chi connectivity index (χ3v) is 4.71. The molecule has 1 saturated heterocycles. The smallest absolute Gasteiger partial charge is 0.137 e. The van der Waals surface area contributed by atoms with Crippen LogP contribution in [0.5, 0.6) is 0 Å². The van der Waals surface area contributed by atoms with E-state index in [2.05, 4.69) is 35.2 Å². The van der Waals surface area contributed by atoms with E-state index in [4.69, 9.17) is 0 Å². The lowest BCUT2D eigenvalue weighted by molar-refractivity contribution is -0.126. The Bertz CT molecular complexity index is 428. The molecule has 1 heterocycles. The standard InChI is InChI=1S/C17H23NO/c19-17-11-5-4-9-15(17)16-10-6-12-18(16)13-14-7-2-1-3-8-14/h1-3,7-8,15-16H,4-6,9-13H2. The second kappa shape index (κ2) is 5.87. The third kappa shape index (κ3) is 2.89. The van der Waals surface area contributed by atoms with Gasteiger partial charge in [0, 0.05) is 24.9 Å². The highest BCUT2D eigenvalue weighted by Crippen LogP contribution is 2.33. The molecule has 2 fully saturated rings. The first-order chi connectivity index (χ1) is 9.34. The van der Waals surface area contributed by atoms with Crippen LogP contribution in [-0.4, -0.2) is 23.3 Å². The molecule has 19 heavy (non-hydrogen) atoms. The van der Waals surface area contributed by atoms with Gasteiger partial charge in [-0.25, -0.2) is 0 Å². The van der Waals surface area contributed by atoms with Gasteiger partial charge in [-0.2, -0.15) is 0 Å². The van der Waals surface area contributed by atoms with Crippen molar-refractivity contribution >= 4 is 5.78 Å². The van der Waals surface area contributed by atoms with E-state index < -0.39 is 0 Å². The number of likely N-dealkylation sites (tertiary alicyclic amines) is 1. The molecule has 0 amide bonds.